The highest BCUT2D eigenvalue weighted by atomic mass is 32.2. The number of aryl methyl sites for hydroxylation is 1. The highest BCUT2D eigenvalue weighted by Crippen LogP contribution is 2.49. The molecule has 1 fully saturated rings. The van der Waals surface area contributed by atoms with Crippen LogP contribution in [0.15, 0.2) is 47.4 Å². The topological polar surface area (TPSA) is 52.6 Å². The lowest BCUT2D eigenvalue weighted by atomic mass is 10.1. The summed E-state index contributed by atoms with van der Waals surface area (Å²) in [6, 6.07) is 11.2. The quantitative estimate of drug-likeness (QED) is 0.424. The maximum absolute atomic E-state index is 12.6. The fraction of sp³-hybridized carbons (Fsp3) is 0.435. The molecular weight excluding hydrogens is 429 g/mol. The SMILES string of the molecule is CCCOc1ccc(SCC2(COc3ccc(C(F)(F)F)cc3)CC2)cc1C.O=C=O. The minimum Gasteiger partial charge on any atom is -0.493 e. The van der Waals surface area contributed by atoms with Crippen molar-refractivity contribution < 1.29 is 32.2 Å². The van der Waals surface area contributed by atoms with Crippen molar-refractivity contribution in [2.75, 3.05) is 19.0 Å². The summed E-state index contributed by atoms with van der Waals surface area (Å²) in [5.41, 5.74) is 0.584. The van der Waals surface area contributed by atoms with Gasteiger partial charge in [0.25, 0.3) is 0 Å². The molecule has 0 saturated heterocycles. The lowest BCUT2D eigenvalue weighted by Gasteiger charge is -2.17. The van der Waals surface area contributed by atoms with E-state index < -0.39 is 11.7 Å². The summed E-state index contributed by atoms with van der Waals surface area (Å²) in [5, 5.41) is 0. The van der Waals surface area contributed by atoms with Crippen molar-refractivity contribution in [2.45, 2.75) is 44.2 Å². The highest BCUT2D eigenvalue weighted by Gasteiger charge is 2.43. The van der Waals surface area contributed by atoms with Crippen molar-refractivity contribution >= 4 is 17.9 Å². The Labute approximate surface area is 184 Å². The number of thioether (sulfide) groups is 1. The molecule has 0 atom stereocenters. The number of hydrogen-bond acceptors (Lipinski definition) is 5. The molecule has 0 unspecified atom stereocenters. The van der Waals surface area contributed by atoms with E-state index in [2.05, 4.69) is 26.0 Å². The molecule has 1 saturated carbocycles. The van der Waals surface area contributed by atoms with Crippen LogP contribution in [0.3, 0.4) is 0 Å². The molecule has 0 radical (unpaired) electrons. The molecule has 1 aliphatic rings. The van der Waals surface area contributed by atoms with E-state index in [1.165, 1.54) is 17.0 Å². The zero-order chi connectivity index (χ0) is 22.9. The number of halogens is 3. The Morgan fingerprint density at radius 1 is 1.06 bits per heavy atom. The van der Waals surface area contributed by atoms with Crippen LogP contribution in [0.2, 0.25) is 0 Å². The van der Waals surface area contributed by atoms with Gasteiger partial charge in [-0.05, 0) is 74.2 Å². The molecule has 0 aromatic heterocycles. The van der Waals surface area contributed by atoms with Gasteiger partial charge in [0.05, 0.1) is 18.8 Å². The lowest BCUT2D eigenvalue weighted by molar-refractivity contribution is -0.191. The van der Waals surface area contributed by atoms with Crippen LogP contribution in [-0.4, -0.2) is 25.1 Å². The van der Waals surface area contributed by atoms with Gasteiger partial charge in [0.2, 0.25) is 0 Å². The number of benzene rings is 2. The van der Waals surface area contributed by atoms with Crippen molar-refractivity contribution in [3.05, 3.63) is 53.6 Å². The van der Waals surface area contributed by atoms with Gasteiger partial charge in [-0.3, -0.25) is 0 Å². The van der Waals surface area contributed by atoms with Gasteiger partial charge in [-0.15, -0.1) is 11.8 Å². The third-order valence-corrected chi connectivity index (χ3v) is 6.18. The predicted molar refractivity (Wildman–Crippen MR) is 111 cm³/mol. The average Bonchev–Trinajstić information content (AvgIpc) is 3.51. The Bertz CT molecular complexity index is 871. The smallest absolute Gasteiger partial charge is 0.416 e. The molecule has 168 valence electrons. The van der Waals surface area contributed by atoms with Crippen LogP contribution in [0.5, 0.6) is 11.5 Å². The second-order valence-electron chi connectivity index (χ2n) is 7.46. The van der Waals surface area contributed by atoms with E-state index in [9.17, 15) is 13.2 Å². The van der Waals surface area contributed by atoms with Crippen LogP contribution < -0.4 is 9.47 Å². The lowest BCUT2D eigenvalue weighted by Crippen LogP contribution is -2.16. The fourth-order valence-electron chi connectivity index (χ4n) is 2.81. The number of ether oxygens (including phenoxy) is 2. The summed E-state index contributed by atoms with van der Waals surface area (Å²) < 4.78 is 49.4. The molecule has 0 bridgehead atoms. The van der Waals surface area contributed by atoms with Gasteiger partial charge in [-0.25, -0.2) is 0 Å². The van der Waals surface area contributed by atoms with Crippen molar-refractivity contribution in [2.24, 2.45) is 5.41 Å². The van der Waals surface area contributed by atoms with Gasteiger partial charge in [0.15, 0.2) is 0 Å². The van der Waals surface area contributed by atoms with E-state index in [1.54, 1.807) is 11.8 Å². The van der Waals surface area contributed by atoms with Crippen LogP contribution >= 0.6 is 11.8 Å². The zero-order valence-electron chi connectivity index (χ0n) is 17.5. The Balaban J connectivity index is 0.00000107. The molecule has 0 N–H and O–H groups in total. The number of hydrogen-bond donors (Lipinski definition) is 0. The van der Waals surface area contributed by atoms with E-state index >= 15 is 0 Å². The fourth-order valence-corrected chi connectivity index (χ4v) is 4.07. The van der Waals surface area contributed by atoms with Crippen molar-refractivity contribution in [1.29, 1.82) is 0 Å². The van der Waals surface area contributed by atoms with Gasteiger partial charge < -0.3 is 9.47 Å². The van der Waals surface area contributed by atoms with E-state index in [1.807, 2.05) is 6.07 Å². The first-order valence-electron chi connectivity index (χ1n) is 9.88. The van der Waals surface area contributed by atoms with Gasteiger partial charge >= 0.3 is 12.3 Å². The summed E-state index contributed by atoms with van der Waals surface area (Å²) in [6.07, 6.45) is -0.922. The monoisotopic (exact) mass is 454 g/mol. The first-order chi connectivity index (χ1) is 14.7. The van der Waals surface area contributed by atoms with Gasteiger partial charge in [-0.1, -0.05) is 6.92 Å². The normalized spacial score (nSPS) is 14.1. The van der Waals surface area contributed by atoms with E-state index in [-0.39, 0.29) is 11.6 Å². The highest BCUT2D eigenvalue weighted by molar-refractivity contribution is 7.99. The molecule has 0 heterocycles. The maximum Gasteiger partial charge on any atom is 0.416 e. The number of alkyl halides is 3. The summed E-state index contributed by atoms with van der Waals surface area (Å²) in [6.45, 7) is 5.39. The minimum atomic E-state index is -4.32. The average molecular weight is 455 g/mol. The molecule has 8 heteroatoms. The third kappa shape index (κ3) is 7.96. The van der Waals surface area contributed by atoms with Crippen molar-refractivity contribution in [1.82, 2.24) is 0 Å². The summed E-state index contributed by atoms with van der Waals surface area (Å²) in [5.74, 6) is 2.35. The zero-order valence-corrected chi connectivity index (χ0v) is 18.3. The molecular formula is C23H25F3O4S. The van der Waals surface area contributed by atoms with Crippen molar-refractivity contribution in [3.63, 3.8) is 0 Å². The van der Waals surface area contributed by atoms with Gasteiger partial charge in [0.1, 0.15) is 11.5 Å². The van der Waals surface area contributed by atoms with E-state index in [0.717, 1.165) is 55.1 Å². The van der Waals surface area contributed by atoms with Crippen molar-refractivity contribution in [3.8, 4) is 11.5 Å². The van der Waals surface area contributed by atoms with Gasteiger partial charge in [-0.2, -0.15) is 22.8 Å². The molecule has 0 spiro atoms. The first kappa shape index (κ1) is 24.8. The Kier molecular flexibility index (Phi) is 9.01. The summed E-state index contributed by atoms with van der Waals surface area (Å²) in [4.78, 5) is 17.4. The second kappa shape index (κ2) is 11.3. The Hall–Kier alpha value is -2.44. The molecule has 3 rings (SSSR count). The first-order valence-corrected chi connectivity index (χ1v) is 10.9. The summed E-state index contributed by atoms with van der Waals surface area (Å²) >= 11 is 1.79. The Morgan fingerprint density at radius 2 is 1.71 bits per heavy atom. The van der Waals surface area contributed by atoms with Crippen LogP contribution in [-0.2, 0) is 15.8 Å². The predicted octanol–water partition coefficient (Wildman–Crippen LogP) is 6.17. The summed E-state index contributed by atoms with van der Waals surface area (Å²) in [7, 11) is 0. The van der Waals surface area contributed by atoms with Crippen LogP contribution in [0.1, 0.15) is 37.3 Å². The number of carbonyl (C=O) groups excluding carboxylic acids is 2. The molecule has 0 amide bonds. The molecule has 2 aromatic rings. The molecule has 0 aliphatic heterocycles. The molecule has 4 nitrogen and oxygen atoms in total. The maximum atomic E-state index is 12.6. The second-order valence-corrected chi connectivity index (χ2v) is 8.51. The van der Waals surface area contributed by atoms with Crippen LogP contribution in [0, 0.1) is 12.3 Å². The minimum absolute atomic E-state index is 0.110. The largest absolute Gasteiger partial charge is 0.493 e. The molecule has 2 aromatic carbocycles. The number of rotatable bonds is 9. The Morgan fingerprint density at radius 3 is 2.23 bits per heavy atom. The van der Waals surface area contributed by atoms with Crippen LogP contribution in [0.25, 0.3) is 0 Å². The van der Waals surface area contributed by atoms with Crippen LogP contribution in [0.4, 0.5) is 13.2 Å². The standard InChI is InChI=1S/C22H25F3O2S.CO2/c1-3-12-26-20-9-8-19(13-16(20)2)28-15-21(10-11-21)14-27-18-6-4-17(5-7-18)22(23,24)25;2-1-3/h4-9,13H,3,10-12,14-15H2,1-2H3;. The van der Waals surface area contributed by atoms with E-state index in [4.69, 9.17) is 19.1 Å². The molecule has 1 aliphatic carbocycles. The van der Waals surface area contributed by atoms with E-state index in [0.29, 0.717) is 12.4 Å². The van der Waals surface area contributed by atoms with Gasteiger partial charge in [0, 0.05) is 16.1 Å². The third-order valence-electron chi connectivity index (χ3n) is 4.84. The molecule has 31 heavy (non-hydrogen) atoms.